The number of carbonyl (C=O) groups is 3. The van der Waals surface area contributed by atoms with Crippen molar-refractivity contribution in [3.63, 3.8) is 0 Å². The maximum atomic E-state index is 12.8. The largest absolute Gasteiger partial charge is 0.481 e. The molecule has 5 nitrogen and oxygen atoms in total. The number of hydrogen-bond acceptors (Lipinski definition) is 4. The molecule has 5 aliphatic rings. The van der Waals surface area contributed by atoms with Crippen molar-refractivity contribution in [3.8, 4) is 0 Å². The van der Waals surface area contributed by atoms with Gasteiger partial charge >= 0.3 is 11.9 Å². The fraction of sp³-hybridized carbons (Fsp3) is 0.833. The molecule has 194 valence electrons. The summed E-state index contributed by atoms with van der Waals surface area (Å²) in [5.41, 5.74) is 0.250. The molecule has 4 aliphatic carbocycles. The Morgan fingerprint density at radius 3 is 2.37 bits per heavy atom. The smallest absolute Gasteiger partial charge is 0.313 e. The molecule has 5 heteroatoms. The minimum Gasteiger partial charge on any atom is -0.481 e. The van der Waals surface area contributed by atoms with Crippen molar-refractivity contribution in [2.45, 2.75) is 99.3 Å². The zero-order valence-electron chi connectivity index (χ0n) is 22.5. The highest BCUT2D eigenvalue weighted by atomic mass is 16.5. The van der Waals surface area contributed by atoms with E-state index in [-0.39, 0.29) is 45.9 Å². The van der Waals surface area contributed by atoms with Crippen LogP contribution in [0.3, 0.4) is 0 Å². The number of carboxylic acid groups (broad SMARTS) is 1. The molecule has 1 saturated heterocycles. The summed E-state index contributed by atoms with van der Waals surface area (Å²) in [5.74, 6) is 0.613. The van der Waals surface area contributed by atoms with Gasteiger partial charge in [-0.25, -0.2) is 0 Å². The van der Waals surface area contributed by atoms with Crippen molar-refractivity contribution < 1.29 is 24.2 Å². The first-order valence-corrected chi connectivity index (χ1v) is 13.8. The second-order valence-electron chi connectivity index (χ2n) is 14.1. The van der Waals surface area contributed by atoms with E-state index in [1.165, 1.54) is 6.42 Å². The van der Waals surface area contributed by atoms with E-state index in [0.717, 1.165) is 44.1 Å². The zero-order chi connectivity index (χ0) is 25.6. The molecular weight excluding hydrogens is 440 g/mol. The van der Waals surface area contributed by atoms with Crippen LogP contribution in [-0.2, 0) is 19.1 Å². The molecular formula is C30H44O5. The molecule has 1 heterocycles. The Morgan fingerprint density at radius 1 is 1.03 bits per heavy atom. The molecule has 0 aromatic rings. The van der Waals surface area contributed by atoms with Gasteiger partial charge in [0, 0.05) is 6.42 Å². The lowest BCUT2D eigenvalue weighted by Crippen LogP contribution is -2.56. The number of allylic oxidation sites excluding steroid dienone is 2. The Morgan fingerprint density at radius 2 is 1.71 bits per heavy atom. The van der Waals surface area contributed by atoms with Crippen molar-refractivity contribution in [1.29, 1.82) is 0 Å². The van der Waals surface area contributed by atoms with Gasteiger partial charge in [-0.3, -0.25) is 14.4 Å². The number of rotatable bonds is 5. The van der Waals surface area contributed by atoms with Crippen molar-refractivity contribution in [1.82, 2.24) is 0 Å². The topological polar surface area (TPSA) is 80.7 Å². The highest BCUT2D eigenvalue weighted by molar-refractivity contribution is 5.90. The first-order valence-electron chi connectivity index (χ1n) is 13.8. The van der Waals surface area contributed by atoms with Gasteiger partial charge in [0.05, 0.1) is 6.42 Å². The zero-order valence-corrected chi connectivity index (χ0v) is 22.5. The number of carboxylic acids is 1. The van der Waals surface area contributed by atoms with Crippen LogP contribution in [0.15, 0.2) is 11.6 Å². The van der Waals surface area contributed by atoms with Gasteiger partial charge in [0.15, 0.2) is 5.78 Å². The number of ketones is 1. The van der Waals surface area contributed by atoms with Gasteiger partial charge in [0.25, 0.3) is 0 Å². The molecule has 9 atom stereocenters. The Balaban J connectivity index is 1.46. The normalized spacial score (nSPS) is 48.7. The average molecular weight is 485 g/mol. The maximum Gasteiger partial charge on any atom is 0.313 e. The summed E-state index contributed by atoms with van der Waals surface area (Å²) in [5, 5.41) is 10.2. The Kier molecular flexibility index (Phi) is 5.49. The van der Waals surface area contributed by atoms with Crippen LogP contribution in [0.2, 0.25) is 0 Å². The number of aliphatic carboxylic acids is 1. The molecule has 35 heavy (non-hydrogen) atoms. The summed E-state index contributed by atoms with van der Waals surface area (Å²) in [6.07, 6.45) is 10.2. The molecule has 4 saturated carbocycles. The first-order chi connectivity index (χ1) is 16.3. The molecule has 1 aliphatic heterocycles. The van der Waals surface area contributed by atoms with Crippen LogP contribution in [-0.4, -0.2) is 29.4 Å². The van der Waals surface area contributed by atoms with Crippen LogP contribution >= 0.6 is 0 Å². The van der Waals surface area contributed by atoms with Crippen LogP contribution in [0.1, 0.15) is 99.3 Å². The maximum absolute atomic E-state index is 12.8. The van der Waals surface area contributed by atoms with E-state index < -0.39 is 11.4 Å². The standard InChI is InChI=1S/C30H44O5/c1-18(2)13-20(31)14-19(3)21-9-10-28(6)23-8-7-22-26(4,25(33)34)17-35-24(32)15-30(22)16-29(23,30)12-11-27(21,28)5/h13,19,21-23H,7-12,14-17H2,1-6H3,(H,33,34)/t19-,21-,22+,23+,26-,27-,28+,29+,30-/m1/s1. The lowest BCUT2D eigenvalue weighted by Gasteiger charge is -2.61. The number of cyclic esters (lactones) is 1. The second kappa shape index (κ2) is 7.68. The molecule has 5 fully saturated rings. The summed E-state index contributed by atoms with van der Waals surface area (Å²) in [6, 6.07) is 0. The Bertz CT molecular complexity index is 995. The lowest BCUT2D eigenvalue weighted by molar-refractivity contribution is -0.165. The molecule has 0 aromatic carbocycles. The molecule has 0 aromatic heterocycles. The number of hydrogen-bond donors (Lipinski definition) is 1. The van der Waals surface area contributed by atoms with Crippen LogP contribution < -0.4 is 0 Å². The molecule has 5 rings (SSSR count). The van der Waals surface area contributed by atoms with E-state index in [1.54, 1.807) is 6.08 Å². The van der Waals surface area contributed by atoms with Crippen molar-refractivity contribution in [2.24, 2.45) is 50.7 Å². The summed E-state index contributed by atoms with van der Waals surface area (Å²) in [4.78, 5) is 37.9. The van der Waals surface area contributed by atoms with E-state index in [2.05, 4.69) is 20.8 Å². The number of fused-ring (bicyclic) bond motifs is 2. The quantitative estimate of drug-likeness (QED) is 0.371. The second-order valence-corrected chi connectivity index (χ2v) is 14.1. The van der Waals surface area contributed by atoms with Gasteiger partial charge in [0.1, 0.15) is 12.0 Å². The van der Waals surface area contributed by atoms with E-state index in [9.17, 15) is 19.5 Å². The Hall–Kier alpha value is -1.65. The summed E-state index contributed by atoms with van der Waals surface area (Å²) in [6.45, 7) is 13.1. The number of ether oxygens (including phenoxy) is 1. The van der Waals surface area contributed by atoms with E-state index in [0.29, 0.717) is 30.6 Å². The molecule has 0 radical (unpaired) electrons. The van der Waals surface area contributed by atoms with Crippen LogP contribution in [0.25, 0.3) is 0 Å². The lowest BCUT2D eigenvalue weighted by atomic mass is 9.43. The van der Waals surface area contributed by atoms with Crippen LogP contribution in [0.5, 0.6) is 0 Å². The minimum atomic E-state index is -1.000. The van der Waals surface area contributed by atoms with Gasteiger partial charge in [-0.05, 0) is 117 Å². The van der Waals surface area contributed by atoms with Crippen LogP contribution in [0, 0.1) is 50.7 Å². The van der Waals surface area contributed by atoms with Crippen molar-refractivity contribution in [2.75, 3.05) is 6.61 Å². The highest BCUT2D eigenvalue weighted by Crippen LogP contribution is 2.88. The van der Waals surface area contributed by atoms with Gasteiger partial charge in [-0.2, -0.15) is 0 Å². The summed E-state index contributed by atoms with van der Waals surface area (Å²) in [7, 11) is 0. The third-order valence-corrected chi connectivity index (χ3v) is 12.4. The monoisotopic (exact) mass is 484 g/mol. The SMILES string of the molecule is CC(C)=CC(=O)C[C@@H](C)[C@H]1CC[C@@]2(C)[C@@H]3CC[C@@H]4[C@@]5(CC(=O)OC[C@@]4(C)C(=O)O)C[C@@]35CC[C@]12C. The molecule has 0 unspecified atom stereocenters. The van der Waals surface area contributed by atoms with Crippen LogP contribution in [0.4, 0.5) is 0 Å². The van der Waals surface area contributed by atoms with E-state index >= 15 is 0 Å². The fourth-order valence-electron chi connectivity index (χ4n) is 10.7. The molecule has 0 bridgehead atoms. The highest BCUT2D eigenvalue weighted by Gasteiger charge is 2.83. The van der Waals surface area contributed by atoms with Gasteiger partial charge in [-0.1, -0.05) is 26.3 Å². The van der Waals surface area contributed by atoms with E-state index in [1.807, 2.05) is 20.8 Å². The summed E-state index contributed by atoms with van der Waals surface area (Å²) >= 11 is 0. The first kappa shape index (κ1) is 25.0. The molecule has 1 N–H and O–H groups in total. The third-order valence-electron chi connectivity index (χ3n) is 12.4. The summed E-state index contributed by atoms with van der Waals surface area (Å²) < 4.78 is 5.53. The Labute approximate surface area is 210 Å². The van der Waals surface area contributed by atoms with Gasteiger partial charge < -0.3 is 9.84 Å². The average Bonchev–Trinajstić information content (AvgIpc) is 3.35. The van der Waals surface area contributed by atoms with Gasteiger partial charge in [-0.15, -0.1) is 0 Å². The van der Waals surface area contributed by atoms with E-state index in [4.69, 9.17) is 4.74 Å². The molecule has 2 spiro atoms. The predicted octanol–water partition coefficient (Wildman–Crippen LogP) is 6.20. The van der Waals surface area contributed by atoms with Gasteiger partial charge in [0.2, 0.25) is 0 Å². The molecule has 0 amide bonds. The van der Waals surface area contributed by atoms with Crippen molar-refractivity contribution >= 4 is 17.7 Å². The fourth-order valence-corrected chi connectivity index (χ4v) is 10.7. The predicted molar refractivity (Wildman–Crippen MR) is 133 cm³/mol. The number of carbonyl (C=O) groups excluding carboxylic acids is 2. The minimum absolute atomic E-state index is 0.000900. The third kappa shape index (κ3) is 3.14. The number of esters is 1. The van der Waals surface area contributed by atoms with Crippen molar-refractivity contribution in [3.05, 3.63) is 11.6 Å².